The van der Waals surface area contributed by atoms with Gasteiger partial charge in [0.1, 0.15) is 11.5 Å². The highest BCUT2D eigenvalue weighted by molar-refractivity contribution is 6.01. The van der Waals surface area contributed by atoms with Gasteiger partial charge in [-0.25, -0.2) is 0 Å². The first-order valence-electron chi connectivity index (χ1n) is 14.7. The molecule has 46 heavy (non-hydrogen) atoms. The van der Waals surface area contributed by atoms with Gasteiger partial charge in [0.15, 0.2) is 5.78 Å². The fourth-order valence-corrected chi connectivity index (χ4v) is 5.51. The van der Waals surface area contributed by atoms with Crippen molar-refractivity contribution in [1.82, 2.24) is 14.7 Å². The summed E-state index contributed by atoms with van der Waals surface area (Å²) in [4.78, 5) is 27.5. The summed E-state index contributed by atoms with van der Waals surface area (Å²) < 4.78 is 86.1. The first-order chi connectivity index (χ1) is 21.8. The highest BCUT2D eigenvalue weighted by Crippen LogP contribution is 2.32. The monoisotopic (exact) mass is 647 g/mol. The highest BCUT2D eigenvalue weighted by Gasteiger charge is 2.30. The lowest BCUT2D eigenvalue weighted by atomic mass is 9.96. The number of halogens is 6. The van der Waals surface area contributed by atoms with Crippen LogP contribution in [0.2, 0.25) is 0 Å². The van der Waals surface area contributed by atoms with Crippen molar-refractivity contribution < 1.29 is 45.4 Å². The second kappa shape index (κ2) is 13.5. The molecule has 1 aliphatic heterocycles. The molecule has 4 aromatic rings. The summed E-state index contributed by atoms with van der Waals surface area (Å²) in [6, 6.07) is 14.2. The zero-order chi connectivity index (χ0) is 33.1. The normalized spacial score (nSPS) is 14.5. The number of Topliss-reactive ketones (excluding diaryl/α,β-unsaturated/α-hetero) is 1. The van der Waals surface area contributed by atoms with Crippen molar-refractivity contribution in [3.63, 3.8) is 0 Å². The average Bonchev–Trinajstić information content (AvgIpc) is 3.43. The number of ether oxygens (including phenoxy) is 2. The van der Waals surface area contributed by atoms with Crippen molar-refractivity contribution >= 4 is 22.6 Å². The summed E-state index contributed by atoms with van der Waals surface area (Å²) in [6.45, 7) is 2.97. The molecule has 1 aromatic heterocycles. The van der Waals surface area contributed by atoms with Crippen LogP contribution in [-0.2, 0) is 17.5 Å². The van der Waals surface area contributed by atoms with E-state index in [2.05, 4.69) is 9.84 Å². The smallest absolute Gasteiger partial charge is 0.457 e. The molecule has 1 fully saturated rings. The molecule has 13 heteroatoms. The van der Waals surface area contributed by atoms with Gasteiger partial charge in [0, 0.05) is 48.8 Å². The van der Waals surface area contributed by atoms with E-state index in [-0.39, 0.29) is 36.2 Å². The van der Waals surface area contributed by atoms with Gasteiger partial charge in [-0.3, -0.25) is 19.0 Å². The molecule has 1 amide bonds. The van der Waals surface area contributed by atoms with Gasteiger partial charge in [-0.2, -0.15) is 18.3 Å². The van der Waals surface area contributed by atoms with Crippen LogP contribution in [0.15, 0.2) is 66.9 Å². The minimum atomic E-state index is -4.72. The van der Waals surface area contributed by atoms with Crippen LogP contribution in [0.25, 0.3) is 10.9 Å². The molecule has 0 atom stereocenters. The molecule has 0 unspecified atom stereocenters. The van der Waals surface area contributed by atoms with Crippen LogP contribution in [0.4, 0.5) is 26.3 Å². The Morgan fingerprint density at radius 1 is 0.891 bits per heavy atom. The van der Waals surface area contributed by atoms with Crippen LogP contribution in [0.3, 0.4) is 0 Å². The maximum Gasteiger partial charge on any atom is 0.522 e. The third kappa shape index (κ3) is 8.25. The summed E-state index contributed by atoms with van der Waals surface area (Å²) >= 11 is 0. The molecule has 0 radical (unpaired) electrons. The standard InChI is InChI=1S/C33H31F6N3O4/c1-21-27(30(43)3-2-18-45-33(37,38)39)12-13-29-28(21)20-42(40-29)19-22-14-16-41(17-15-22)31(44)23-4-8-25(9-5-23)46-26-10-6-24(7-11-26)32(34,35)36/h4-13,20,22H,2-3,14-19H2,1H3. The largest absolute Gasteiger partial charge is 0.522 e. The van der Waals surface area contributed by atoms with E-state index in [1.165, 1.54) is 12.1 Å². The number of amides is 1. The highest BCUT2D eigenvalue weighted by atomic mass is 19.4. The molecular weight excluding hydrogens is 616 g/mol. The predicted octanol–water partition coefficient (Wildman–Crippen LogP) is 8.21. The second-order valence-corrected chi connectivity index (χ2v) is 11.2. The molecule has 7 nitrogen and oxygen atoms in total. The maximum atomic E-state index is 13.1. The van der Waals surface area contributed by atoms with Crippen LogP contribution < -0.4 is 4.74 Å². The molecule has 0 spiro atoms. The van der Waals surface area contributed by atoms with Gasteiger partial charge in [0.25, 0.3) is 5.91 Å². The van der Waals surface area contributed by atoms with Crippen LogP contribution in [0, 0.1) is 12.8 Å². The van der Waals surface area contributed by atoms with E-state index in [1.807, 2.05) is 10.9 Å². The Hall–Kier alpha value is -4.39. The number of likely N-dealkylation sites (tertiary alicyclic amines) is 1. The van der Waals surface area contributed by atoms with Crippen molar-refractivity contribution in [2.45, 2.75) is 51.7 Å². The summed E-state index contributed by atoms with van der Waals surface area (Å²) in [7, 11) is 0. The van der Waals surface area contributed by atoms with E-state index in [1.54, 1.807) is 48.2 Å². The number of alkyl halides is 6. The molecule has 244 valence electrons. The second-order valence-electron chi connectivity index (χ2n) is 11.2. The van der Waals surface area contributed by atoms with Crippen molar-refractivity contribution in [3.8, 4) is 11.5 Å². The van der Waals surface area contributed by atoms with Gasteiger partial charge in [-0.15, -0.1) is 13.2 Å². The van der Waals surface area contributed by atoms with Crippen LogP contribution in [0.5, 0.6) is 11.5 Å². The summed E-state index contributed by atoms with van der Waals surface area (Å²) in [5, 5.41) is 5.45. The molecule has 0 N–H and O–H groups in total. The Balaban J connectivity index is 1.12. The number of carbonyl (C=O) groups is 2. The minimum Gasteiger partial charge on any atom is -0.457 e. The quantitative estimate of drug-likeness (QED) is 0.0986. The fraction of sp³-hybridized carbons (Fsp3) is 0.364. The number of hydrogen-bond donors (Lipinski definition) is 0. The van der Waals surface area contributed by atoms with E-state index in [0.29, 0.717) is 42.0 Å². The number of piperidine rings is 1. The van der Waals surface area contributed by atoms with E-state index >= 15 is 0 Å². The lowest BCUT2D eigenvalue weighted by molar-refractivity contribution is -0.324. The minimum absolute atomic E-state index is 0.0398. The first kappa shape index (κ1) is 33.0. The zero-order valence-electron chi connectivity index (χ0n) is 24.8. The Morgan fingerprint density at radius 2 is 1.52 bits per heavy atom. The number of benzene rings is 3. The van der Waals surface area contributed by atoms with Gasteiger partial charge in [-0.1, -0.05) is 0 Å². The summed E-state index contributed by atoms with van der Waals surface area (Å²) in [6.07, 6.45) is -5.84. The number of rotatable bonds is 10. The lowest BCUT2D eigenvalue weighted by Gasteiger charge is -2.32. The number of aryl methyl sites for hydroxylation is 1. The van der Waals surface area contributed by atoms with Crippen molar-refractivity contribution in [1.29, 1.82) is 0 Å². The first-order valence-corrected chi connectivity index (χ1v) is 14.7. The Morgan fingerprint density at radius 3 is 2.13 bits per heavy atom. The summed E-state index contributed by atoms with van der Waals surface area (Å²) in [5.41, 5.74) is 1.60. The van der Waals surface area contributed by atoms with Gasteiger partial charge in [0.2, 0.25) is 0 Å². The Bertz CT molecular complexity index is 1670. The molecule has 3 aromatic carbocycles. The third-order valence-electron chi connectivity index (χ3n) is 7.99. The van der Waals surface area contributed by atoms with E-state index in [9.17, 15) is 35.9 Å². The fourth-order valence-electron chi connectivity index (χ4n) is 5.51. The Labute approximate surface area is 260 Å². The van der Waals surface area contributed by atoms with Gasteiger partial charge in [0.05, 0.1) is 17.7 Å². The SMILES string of the molecule is Cc1c(C(=O)CCCOC(F)(F)F)ccc2nn(CC3CCN(C(=O)c4ccc(Oc5ccc(C(F)(F)F)cc5)cc4)CC3)cc12. The number of nitrogens with zero attached hydrogens (tertiary/aromatic N) is 3. The van der Waals surface area contributed by atoms with Crippen molar-refractivity contribution in [3.05, 3.63) is 89.1 Å². The van der Waals surface area contributed by atoms with Crippen LogP contribution >= 0.6 is 0 Å². The van der Waals surface area contributed by atoms with Crippen LogP contribution in [0.1, 0.15) is 57.5 Å². The molecule has 2 heterocycles. The van der Waals surface area contributed by atoms with E-state index < -0.39 is 24.7 Å². The number of aromatic nitrogens is 2. The number of fused-ring (bicyclic) bond motifs is 1. The molecule has 5 rings (SSSR count). The lowest BCUT2D eigenvalue weighted by Crippen LogP contribution is -2.39. The number of hydrogen-bond acceptors (Lipinski definition) is 5. The predicted molar refractivity (Wildman–Crippen MR) is 157 cm³/mol. The van der Waals surface area contributed by atoms with Crippen molar-refractivity contribution in [2.24, 2.45) is 5.92 Å². The molecule has 0 saturated carbocycles. The number of carbonyl (C=O) groups excluding carboxylic acids is 2. The van der Waals surface area contributed by atoms with Gasteiger partial charge in [-0.05, 0) is 98.3 Å². The van der Waals surface area contributed by atoms with E-state index in [0.717, 1.165) is 35.9 Å². The van der Waals surface area contributed by atoms with Gasteiger partial charge < -0.3 is 9.64 Å². The van der Waals surface area contributed by atoms with E-state index in [4.69, 9.17) is 4.74 Å². The summed E-state index contributed by atoms with van der Waals surface area (Å²) in [5.74, 6) is 0.535. The van der Waals surface area contributed by atoms with Gasteiger partial charge >= 0.3 is 12.5 Å². The Kier molecular flexibility index (Phi) is 9.71. The molecule has 1 aliphatic rings. The van der Waals surface area contributed by atoms with Crippen LogP contribution in [-0.4, -0.2) is 52.4 Å². The van der Waals surface area contributed by atoms with Crippen molar-refractivity contribution in [2.75, 3.05) is 19.7 Å². The number of ketones is 1. The molecule has 0 aliphatic carbocycles. The zero-order valence-corrected chi connectivity index (χ0v) is 24.8. The molecule has 0 bridgehead atoms. The average molecular weight is 648 g/mol. The molecular formula is C33H31F6N3O4. The third-order valence-corrected chi connectivity index (χ3v) is 7.99. The maximum absolute atomic E-state index is 13.1. The topological polar surface area (TPSA) is 73.7 Å². The molecule has 1 saturated heterocycles.